The molecule has 0 radical (unpaired) electrons. The number of ether oxygens (including phenoxy) is 1. The van der Waals surface area contributed by atoms with Crippen LogP contribution in [0.1, 0.15) is 12.6 Å². The number of hydrogen-bond acceptors (Lipinski definition) is 6. The minimum atomic E-state index is -0.100. The van der Waals surface area contributed by atoms with E-state index in [4.69, 9.17) is 10.5 Å². The van der Waals surface area contributed by atoms with Crippen LogP contribution in [0.15, 0.2) is 36.5 Å². The Morgan fingerprint density at radius 1 is 1.32 bits per heavy atom. The zero-order valence-electron chi connectivity index (χ0n) is 14.5. The van der Waals surface area contributed by atoms with Crippen molar-refractivity contribution in [2.45, 2.75) is 19.9 Å². The molecule has 0 aliphatic carbocycles. The van der Waals surface area contributed by atoms with E-state index < -0.39 is 0 Å². The Morgan fingerprint density at radius 3 is 3.04 bits per heavy atom. The van der Waals surface area contributed by atoms with Crippen LogP contribution < -0.4 is 16.4 Å². The van der Waals surface area contributed by atoms with Crippen molar-refractivity contribution in [3.8, 4) is 0 Å². The summed E-state index contributed by atoms with van der Waals surface area (Å²) in [4.78, 5) is 12.1. The standard InChI is InChI=1S/C18H24N6O/c1-3-25-11-13(19)10-21-18-20-8-7-17(24-18)23-16-6-4-5-15-14(16)9-12(2)22-15/h4-9,13,22H,3,10-11,19H2,1-2H3,(H2,20,21,23,24)/t13-/m1/s1. The molecule has 0 aliphatic rings. The molecule has 0 saturated heterocycles. The van der Waals surface area contributed by atoms with Crippen LogP contribution in [0.5, 0.6) is 0 Å². The summed E-state index contributed by atoms with van der Waals surface area (Å²) >= 11 is 0. The van der Waals surface area contributed by atoms with Crippen LogP contribution >= 0.6 is 0 Å². The third-order valence-electron chi connectivity index (χ3n) is 3.78. The maximum absolute atomic E-state index is 5.97. The third kappa shape index (κ3) is 4.46. The minimum absolute atomic E-state index is 0.100. The van der Waals surface area contributed by atoms with Crippen LogP contribution in [-0.2, 0) is 4.74 Å². The second-order valence-electron chi connectivity index (χ2n) is 5.91. The first-order chi connectivity index (χ1) is 12.2. The summed E-state index contributed by atoms with van der Waals surface area (Å²) in [5, 5.41) is 7.63. The Bertz CT molecular complexity index is 831. The van der Waals surface area contributed by atoms with Gasteiger partial charge in [-0.05, 0) is 38.1 Å². The highest BCUT2D eigenvalue weighted by atomic mass is 16.5. The zero-order chi connectivity index (χ0) is 17.6. The second kappa shape index (κ2) is 7.96. The lowest BCUT2D eigenvalue weighted by atomic mass is 10.2. The van der Waals surface area contributed by atoms with Crippen molar-refractivity contribution in [3.63, 3.8) is 0 Å². The first-order valence-corrected chi connectivity index (χ1v) is 8.41. The van der Waals surface area contributed by atoms with Gasteiger partial charge in [-0.2, -0.15) is 4.98 Å². The predicted octanol–water partition coefficient (Wildman–Crippen LogP) is 2.79. The van der Waals surface area contributed by atoms with E-state index in [1.807, 2.05) is 32.0 Å². The fourth-order valence-corrected chi connectivity index (χ4v) is 2.61. The summed E-state index contributed by atoms with van der Waals surface area (Å²) in [6.07, 6.45) is 1.72. The molecule has 2 heterocycles. The average molecular weight is 340 g/mol. The summed E-state index contributed by atoms with van der Waals surface area (Å²) in [6.45, 7) is 5.72. The molecule has 0 amide bonds. The number of aryl methyl sites for hydroxylation is 1. The highest BCUT2D eigenvalue weighted by molar-refractivity contribution is 5.94. The number of aromatic amines is 1. The number of nitrogens with two attached hydrogens (primary N) is 1. The molecule has 0 aliphatic heterocycles. The molecule has 3 rings (SSSR count). The molecule has 0 bridgehead atoms. The topological polar surface area (TPSA) is 101 Å². The summed E-state index contributed by atoms with van der Waals surface area (Å²) in [6, 6.07) is 9.95. The molecule has 132 valence electrons. The molecule has 25 heavy (non-hydrogen) atoms. The first-order valence-electron chi connectivity index (χ1n) is 8.41. The second-order valence-corrected chi connectivity index (χ2v) is 5.91. The van der Waals surface area contributed by atoms with Crippen LogP contribution in [0, 0.1) is 6.92 Å². The lowest BCUT2D eigenvalue weighted by Crippen LogP contribution is -2.34. The Labute approximate surface area is 147 Å². The number of nitrogens with zero attached hydrogens (tertiary/aromatic N) is 2. The van der Waals surface area contributed by atoms with Crippen molar-refractivity contribution in [3.05, 3.63) is 42.2 Å². The molecule has 1 aromatic carbocycles. The maximum Gasteiger partial charge on any atom is 0.224 e. The summed E-state index contributed by atoms with van der Waals surface area (Å²) < 4.78 is 5.31. The average Bonchev–Trinajstić information content (AvgIpc) is 3.00. The molecule has 1 atom stereocenters. The van der Waals surface area contributed by atoms with Gasteiger partial charge in [0, 0.05) is 47.7 Å². The Morgan fingerprint density at radius 2 is 2.20 bits per heavy atom. The van der Waals surface area contributed by atoms with Crippen LogP contribution in [0.2, 0.25) is 0 Å². The number of hydrogen-bond donors (Lipinski definition) is 4. The van der Waals surface area contributed by atoms with Gasteiger partial charge in [0.15, 0.2) is 0 Å². The number of nitrogens with one attached hydrogen (secondary N) is 3. The van der Waals surface area contributed by atoms with E-state index in [0.29, 0.717) is 25.7 Å². The number of benzene rings is 1. The van der Waals surface area contributed by atoms with Crippen molar-refractivity contribution in [1.82, 2.24) is 15.0 Å². The predicted molar refractivity (Wildman–Crippen MR) is 101 cm³/mol. The minimum Gasteiger partial charge on any atom is -0.380 e. The van der Waals surface area contributed by atoms with Gasteiger partial charge in [0.05, 0.1) is 6.61 Å². The SMILES string of the molecule is CCOC[C@H](N)CNc1nccc(Nc2cccc3[nH]c(C)cc23)n1. The molecule has 7 nitrogen and oxygen atoms in total. The van der Waals surface area contributed by atoms with Gasteiger partial charge >= 0.3 is 0 Å². The van der Waals surface area contributed by atoms with Crippen LogP contribution in [0.4, 0.5) is 17.5 Å². The number of aromatic nitrogens is 3. The van der Waals surface area contributed by atoms with Crippen molar-refractivity contribution < 1.29 is 4.74 Å². The van der Waals surface area contributed by atoms with E-state index >= 15 is 0 Å². The van der Waals surface area contributed by atoms with Gasteiger partial charge in [-0.15, -0.1) is 0 Å². The largest absolute Gasteiger partial charge is 0.380 e. The molecule has 0 fully saturated rings. The van der Waals surface area contributed by atoms with E-state index in [1.165, 1.54) is 0 Å². The van der Waals surface area contributed by atoms with Crippen molar-refractivity contribution in [2.75, 3.05) is 30.4 Å². The lowest BCUT2D eigenvalue weighted by molar-refractivity contribution is 0.136. The van der Waals surface area contributed by atoms with Gasteiger partial charge in [-0.3, -0.25) is 0 Å². The molecule has 0 spiro atoms. The van der Waals surface area contributed by atoms with Crippen molar-refractivity contribution in [2.24, 2.45) is 5.73 Å². The summed E-state index contributed by atoms with van der Waals surface area (Å²) in [7, 11) is 0. The smallest absolute Gasteiger partial charge is 0.224 e. The normalized spacial score (nSPS) is 12.3. The number of fused-ring (bicyclic) bond motifs is 1. The fraction of sp³-hybridized carbons (Fsp3) is 0.333. The van der Waals surface area contributed by atoms with Gasteiger partial charge in [0.1, 0.15) is 5.82 Å². The summed E-state index contributed by atoms with van der Waals surface area (Å²) in [5.41, 5.74) is 9.19. The van der Waals surface area contributed by atoms with Gasteiger partial charge in [0.2, 0.25) is 5.95 Å². The number of rotatable bonds is 8. The zero-order valence-corrected chi connectivity index (χ0v) is 14.5. The molecule has 3 aromatic rings. The fourth-order valence-electron chi connectivity index (χ4n) is 2.61. The molecule has 2 aromatic heterocycles. The van der Waals surface area contributed by atoms with E-state index in [9.17, 15) is 0 Å². The monoisotopic (exact) mass is 340 g/mol. The van der Waals surface area contributed by atoms with Gasteiger partial charge in [-0.25, -0.2) is 4.98 Å². The Hall–Kier alpha value is -2.64. The molecular formula is C18H24N6O. The lowest BCUT2D eigenvalue weighted by Gasteiger charge is -2.13. The van der Waals surface area contributed by atoms with Gasteiger partial charge in [-0.1, -0.05) is 6.07 Å². The van der Waals surface area contributed by atoms with Crippen molar-refractivity contribution in [1.29, 1.82) is 0 Å². The van der Waals surface area contributed by atoms with E-state index in [1.54, 1.807) is 6.20 Å². The molecule has 5 N–H and O–H groups in total. The molecular weight excluding hydrogens is 316 g/mol. The van der Waals surface area contributed by atoms with Crippen LogP contribution in [-0.4, -0.2) is 40.8 Å². The Kier molecular flexibility index (Phi) is 5.47. The van der Waals surface area contributed by atoms with E-state index in [0.717, 1.165) is 28.1 Å². The molecule has 0 saturated carbocycles. The quantitative estimate of drug-likeness (QED) is 0.503. The molecule has 0 unspecified atom stereocenters. The highest BCUT2D eigenvalue weighted by Gasteiger charge is 2.07. The van der Waals surface area contributed by atoms with E-state index in [-0.39, 0.29) is 6.04 Å². The van der Waals surface area contributed by atoms with E-state index in [2.05, 4.69) is 37.7 Å². The summed E-state index contributed by atoms with van der Waals surface area (Å²) in [5.74, 6) is 1.26. The number of anilines is 3. The third-order valence-corrected chi connectivity index (χ3v) is 3.78. The highest BCUT2D eigenvalue weighted by Crippen LogP contribution is 2.26. The van der Waals surface area contributed by atoms with Crippen molar-refractivity contribution >= 4 is 28.4 Å². The Balaban J connectivity index is 1.69. The van der Waals surface area contributed by atoms with Gasteiger partial charge in [0.25, 0.3) is 0 Å². The van der Waals surface area contributed by atoms with Gasteiger partial charge < -0.3 is 26.1 Å². The first kappa shape index (κ1) is 17.2. The van der Waals surface area contributed by atoms with Crippen LogP contribution in [0.3, 0.4) is 0 Å². The van der Waals surface area contributed by atoms with Crippen LogP contribution in [0.25, 0.3) is 10.9 Å². The maximum atomic E-state index is 5.97. The number of H-pyrrole nitrogens is 1. The molecule has 7 heteroatoms.